The van der Waals surface area contributed by atoms with Gasteiger partial charge < -0.3 is 82.9 Å². The number of fused-ring (bicyclic) bond motifs is 2. The molecule has 3 rings (SSSR count). The third-order valence-corrected chi connectivity index (χ3v) is 7.72. The SMILES string of the molecule is NC(N)=NCCCC(N)C(=O)Nc1ccc2c(c1)OCCOCCOCCOc1ccc(NC(=O)C(N)CCCN=C(N)N)cc1OCCOCCOCCO2. The third-order valence-electron chi connectivity index (χ3n) is 7.72. The highest BCUT2D eigenvalue weighted by Gasteiger charge is 2.17. The maximum atomic E-state index is 12.7. The Morgan fingerprint density at radius 1 is 0.518 bits per heavy atom. The predicted octanol–water partition coefficient (Wildman–Crippen LogP) is -0.379. The Hall–Kier alpha value is -5.12. The van der Waals surface area contributed by atoms with Crippen LogP contribution in [-0.2, 0) is 28.5 Å². The number of amides is 2. The number of aliphatic imine (C=N–C) groups is 2. The number of carbonyl (C=O) groups is 2. The summed E-state index contributed by atoms with van der Waals surface area (Å²) in [6.07, 6.45) is 1.91. The largest absolute Gasteiger partial charge is 0.487 e. The first-order chi connectivity index (χ1) is 27.1. The number of hydrogen-bond acceptors (Lipinski definition) is 14. The summed E-state index contributed by atoms with van der Waals surface area (Å²) in [6, 6.07) is 8.60. The van der Waals surface area contributed by atoms with Gasteiger partial charge in [0.2, 0.25) is 11.8 Å². The molecule has 312 valence electrons. The summed E-state index contributed by atoms with van der Waals surface area (Å²) in [4.78, 5) is 33.2. The summed E-state index contributed by atoms with van der Waals surface area (Å²) in [5.41, 5.74) is 34.5. The van der Waals surface area contributed by atoms with Gasteiger partial charge in [-0.3, -0.25) is 19.6 Å². The minimum Gasteiger partial charge on any atom is -0.487 e. The van der Waals surface area contributed by atoms with E-state index in [9.17, 15) is 9.59 Å². The molecule has 2 aromatic carbocycles. The molecule has 0 aromatic heterocycles. The van der Waals surface area contributed by atoms with E-state index < -0.39 is 12.1 Å². The molecule has 1 aliphatic rings. The van der Waals surface area contributed by atoms with Gasteiger partial charge in [-0.1, -0.05) is 0 Å². The Bertz CT molecular complexity index is 1410. The number of nitrogens with two attached hydrogens (primary N) is 6. The molecular formula is C36H58N10O10. The Kier molecular flexibility index (Phi) is 21.5. The summed E-state index contributed by atoms with van der Waals surface area (Å²) in [7, 11) is 0. The van der Waals surface area contributed by atoms with E-state index in [4.69, 9.17) is 72.3 Å². The average molecular weight is 791 g/mol. The fourth-order valence-electron chi connectivity index (χ4n) is 4.89. The van der Waals surface area contributed by atoms with Gasteiger partial charge in [-0.05, 0) is 49.9 Å². The number of nitrogens with zero attached hydrogens (tertiary/aromatic N) is 2. The zero-order valence-electron chi connectivity index (χ0n) is 31.8. The molecule has 20 heteroatoms. The first-order valence-corrected chi connectivity index (χ1v) is 18.5. The summed E-state index contributed by atoms with van der Waals surface area (Å²) < 4.78 is 46.5. The molecule has 0 radical (unpaired) electrons. The summed E-state index contributed by atoms with van der Waals surface area (Å²) in [5, 5.41) is 5.63. The molecule has 0 fully saturated rings. The van der Waals surface area contributed by atoms with E-state index in [0.29, 0.717) is 99.6 Å². The van der Waals surface area contributed by atoms with Crippen molar-refractivity contribution in [3.63, 3.8) is 0 Å². The second-order valence-electron chi connectivity index (χ2n) is 12.3. The van der Waals surface area contributed by atoms with Crippen molar-refractivity contribution >= 4 is 35.1 Å². The first kappa shape index (κ1) is 45.3. The highest BCUT2D eigenvalue weighted by molar-refractivity contribution is 5.95. The van der Waals surface area contributed by atoms with Gasteiger partial charge in [-0.2, -0.15) is 0 Å². The van der Waals surface area contributed by atoms with E-state index in [-0.39, 0.29) is 76.6 Å². The standard InChI is InChI=1S/C36H58N10O10/c37-27(3-1-9-43-35(39)40)33(47)45-25-5-7-29-31(23-25)55-21-17-51-13-11-50-16-20-54-30-8-6-26(46-34(48)28(38)4-2-10-44-36(41)42)24-32(30)56-22-18-52-14-12-49-15-19-53-29/h5-8,23-24,27-28H,1-4,9-22,37-38H2,(H,45,47)(H,46,48)(H4,39,40,43)(H4,41,42,44). The maximum Gasteiger partial charge on any atom is 0.241 e. The van der Waals surface area contributed by atoms with Gasteiger partial charge in [-0.25, -0.2) is 0 Å². The Labute approximate surface area is 326 Å². The molecular weight excluding hydrogens is 732 g/mol. The number of ether oxygens (including phenoxy) is 8. The van der Waals surface area contributed by atoms with Crippen LogP contribution < -0.4 is 64.0 Å². The lowest BCUT2D eigenvalue weighted by molar-refractivity contribution is -0.118. The highest BCUT2D eigenvalue weighted by Crippen LogP contribution is 2.32. The highest BCUT2D eigenvalue weighted by atomic mass is 16.6. The number of carbonyl (C=O) groups excluding carboxylic acids is 2. The van der Waals surface area contributed by atoms with Gasteiger partial charge in [0.1, 0.15) is 26.4 Å². The number of rotatable bonds is 12. The van der Waals surface area contributed by atoms with Crippen LogP contribution in [-0.4, -0.2) is 128 Å². The van der Waals surface area contributed by atoms with E-state index in [1.54, 1.807) is 36.4 Å². The number of hydrogen-bond donors (Lipinski definition) is 8. The lowest BCUT2D eigenvalue weighted by atomic mass is 10.1. The molecule has 56 heavy (non-hydrogen) atoms. The van der Waals surface area contributed by atoms with Crippen molar-refractivity contribution in [2.75, 3.05) is 103 Å². The third kappa shape index (κ3) is 19.0. The van der Waals surface area contributed by atoms with Gasteiger partial charge in [0.05, 0.1) is 64.9 Å². The smallest absolute Gasteiger partial charge is 0.241 e. The van der Waals surface area contributed by atoms with Crippen LogP contribution in [0.2, 0.25) is 0 Å². The molecule has 1 heterocycles. The van der Waals surface area contributed by atoms with Gasteiger partial charge >= 0.3 is 0 Å². The average Bonchev–Trinajstić information content (AvgIpc) is 3.17. The monoisotopic (exact) mass is 790 g/mol. The topological polar surface area (TPSA) is 313 Å². The van der Waals surface area contributed by atoms with Crippen LogP contribution in [0.25, 0.3) is 0 Å². The maximum absolute atomic E-state index is 12.7. The summed E-state index contributed by atoms with van der Waals surface area (Å²) in [5.74, 6) is 1.02. The van der Waals surface area contributed by atoms with Crippen molar-refractivity contribution in [2.45, 2.75) is 37.8 Å². The van der Waals surface area contributed by atoms with Crippen LogP contribution in [0.5, 0.6) is 23.0 Å². The van der Waals surface area contributed by atoms with E-state index in [0.717, 1.165) is 0 Å². The van der Waals surface area contributed by atoms with Crippen molar-refractivity contribution in [3.05, 3.63) is 36.4 Å². The van der Waals surface area contributed by atoms with Crippen molar-refractivity contribution < 1.29 is 47.5 Å². The van der Waals surface area contributed by atoms with Gasteiger partial charge in [-0.15, -0.1) is 0 Å². The van der Waals surface area contributed by atoms with E-state index >= 15 is 0 Å². The van der Waals surface area contributed by atoms with E-state index in [1.807, 2.05) is 0 Å². The first-order valence-electron chi connectivity index (χ1n) is 18.5. The van der Waals surface area contributed by atoms with E-state index in [1.165, 1.54) is 0 Å². The molecule has 1 aliphatic heterocycles. The molecule has 0 saturated carbocycles. The molecule has 2 amide bonds. The lowest BCUT2D eigenvalue weighted by Crippen LogP contribution is -2.35. The van der Waals surface area contributed by atoms with E-state index in [2.05, 4.69) is 20.6 Å². The molecule has 2 unspecified atom stereocenters. The molecule has 2 aromatic rings. The van der Waals surface area contributed by atoms with Crippen LogP contribution in [0.3, 0.4) is 0 Å². The van der Waals surface area contributed by atoms with Crippen molar-refractivity contribution in [1.29, 1.82) is 0 Å². The molecule has 0 saturated heterocycles. The normalized spacial score (nSPS) is 16.2. The second-order valence-corrected chi connectivity index (χ2v) is 12.3. The number of nitrogens with one attached hydrogen (secondary N) is 2. The van der Waals surface area contributed by atoms with Crippen molar-refractivity contribution in [1.82, 2.24) is 0 Å². The van der Waals surface area contributed by atoms with Crippen molar-refractivity contribution in [2.24, 2.45) is 44.4 Å². The lowest BCUT2D eigenvalue weighted by Gasteiger charge is -2.17. The summed E-state index contributed by atoms with van der Waals surface area (Å²) in [6.45, 7) is 4.04. The van der Waals surface area contributed by atoms with Crippen LogP contribution >= 0.6 is 0 Å². The van der Waals surface area contributed by atoms with Gasteiger partial charge in [0.25, 0.3) is 0 Å². The van der Waals surface area contributed by atoms with Crippen LogP contribution in [0.1, 0.15) is 25.7 Å². The number of anilines is 2. The zero-order chi connectivity index (χ0) is 40.4. The quantitative estimate of drug-likeness (QED) is 0.0772. The second kappa shape index (κ2) is 26.6. The minimum atomic E-state index is -0.751. The predicted molar refractivity (Wildman–Crippen MR) is 211 cm³/mol. The van der Waals surface area contributed by atoms with Crippen LogP contribution in [0.15, 0.2) is 46.4 Å². The Morgan fingerprint density at radius 2 is 0.839 bits per heavy atom. The number of guanidine groups is 2. The van der Waals surface area contributed by atoms with Crippen molar-refractivity contribution in [3.8, 4) is 23.0 Å². The Morgan fingerprint density at radius 3 is 1.18 bits per heavy atom. The Balaban J connectivity index is 1.52. The fourth-order valence-corrected chi connectivity index (χ4v) is 4.89. The molecule has 20 nitrogen and oxygen atoms in total. The van der Waals surface area contributed by atoms with Gasteiger partial charge in [0.15, 0.2) is 34.9 Å². The fraction of sp³-hybridized carbons (Fsp3) is 0.556. The van der Waals surface area contributed by atoms with Crippen LogP contribution in [0, 0.1) is 0 Å². The van der Waals surface area contributed by atoms with Crippen LogP contribution in [0.4, 0.5) is 11.4 Å². The molecule has 0 aliphatic carbocycles. The number of benzene rings is 2. The molecule has 0 spiro atoms. The molecule has 0 bridgehead atoms. The molecule has 14 N–H and O–H groups in total. The summed E-state index contributed by atoms with van der Waals surface area (Å²) >= 11 is 0. The minimum absolute atomic E-state index is 0.00897. The zero-order valence-corrected chi connectivity index (χ0v) is 31.8. The molecule has 2 atom stereocenters. The van der Waals surface area contributed by atoms with Gasteiger partial charge in [0, 0.05) is 36.6 Å².